The monoisotopic (exact) mass is 257 g/mol. The topological polar surface area (TPSA) is 79.8 Å². The SMILES string of the molecule is N#Cc1cc(CS(=O)c2ccccc2N)ccn1. The molecule has 0 radical (unpaired) electrons. The van der Waals surface area contributed by atoms with E-state index in [0.717, 1.165) is 5.56 Å². The number of nitrogens with zero attached hydrogens (tertiary/aromatic N) is 2. The van der Waals surface area contributed by atoms with Gasteiger partial charge in [0, 0.05) is 11.9 Å². The summed E-state index contributed by atoms with van der Waals surface area (Å²) in [6, 6.07) is 12.4. The lowest BCUT2D eigenvalue weighted by Crippen LogP contribution is -2.01. The molecule has 2 rings (SSSR count). The molecule has 90 valence electrons. The highest BCUT2D eigenvalue weighted by Gasteiger charge is 2.08. The summed E-state index contributed by atoms with van der Waals surface area (Å²) in [6.07, 6.45) is 1.54. The van der Waals surface area contributed by atoms with Crippen LogP contribution in [0.15, 0.2) is 47.5 Å². The molecule has 2 aromatic rings. The molecule has 0 amide bonds. The number of para-hydroxylation sites is 1. The number of anilines is 1. The number of nitriles is 1. The minimum atomic E-state index is -1.22. The van der Waals surface area contributed by atoms with Crippen molar-refractivity contribution in [1.82, 2.24) is 4.98 Å². The van der Waals surface area contributed by atoms with Crippen molar-refractivity contribution in [2.24, 2.45) is 0 Å². The second-order valence-electron chi connectivity index (χ2n) is 3.69. The first-order chi connectivity index (χ1) is 8.70. The zero-order valence-electron chi connectivity index (χ0n) is 9.54. The third-order valence-corrected chi connectivity index (χ3v) is 3.86. The molecule has 0 aliphatic rings. The molecule has 1 aromatic heterocycles. The molecule has 1 aromatic carbocycles. The molecule has 0 saturated carbocycles. The van der Waals surface area contributed by atoms with Crippen LogP contribution >= 0.6 is 0 Å². The normalized spacial score (nSPS) is 11.7. The summed E-state index contributed by atoms with van der Waals surface area (Å²) in [5.74, 6) is 0.325. The Morgan fingerprint density at radius 1 is 1.33 bits per heavy atom. The van der Waals surface area contributed by atoms with Crippen molar-refractivity contribution in [3.05, 3.63) is 53.9 Å². The molecule has 2 N–H and O–H groups in total. The van der Waals surface area contributed by atoms with Gasteiger partial charge in [-0.2, -0.15) is 5.26 Å². The average Bonchev–Trinajstić information content (AvgIpc) is 2.39. The first kappa shape index (κ1) is 12.3. The van der Waals surface area contributed by atoms with Crippen LogP contribution in [-0.2, 0) is 16.6 Å². The zero-order chi connectivity index (χ0) is 13.0. The van der Waals surface area contributed by atoms with E-state index in [-0.39, 0.29) is 0 Å². The Bertz CT molecular complexity index is 634. The Morgan fingerprint density at radius 3 is 2.83 bits per heavy atom. The van der Waals surface area contributed by atoms with Crippen molar-refractivity contribution < 1.29 is 4.21 Å². The second kappa shape index (κ2) is 5.43. The predicted molar refractivity (Wildman–Crippen MR) is 69.9 cm³/mol. The predicted octanol–water partition coefficient (Wildman–Crippen LogP) is 1.84. The summed E-state index contributed by atoms with van der Waals surface area (Å²) >= 11 is 0. The second-order valence-corrected chi connectivity index (χ2v) is 5.11. The van der Waals surface area contributed by atoms with Gasteiger partial charge in [0.2, 0.25) is 0 Å². The van der Waals surface area contributed by atoms with Crippen LogP contribution in [0.1, 0.15) is 11.3 Å². The van der Waals surface area contributed by atoms with Crippen molar-refractivity contribution >= 4 is 16.5 Å². The number of benzene rings is 1. The van der Waals surface area contributed by atoms with Gasteiger partial charge in [-0.25, -0.2) is 4.98 Å². The lowest BCUT2D eigenvalue weighted by molar-refractivity contribution is 0.683. The van der Waals surface area contributed by atoms with Gasteiger partial charge in [0.05, 0.1) is 21.4 Å². The maximum Gasteiger partial charge on any atom is 0.140 e. The largest absolute Gasteiger partial charge is 0.398 e. The van der Waals surface area contributed by atoms with Crippen molar-refractivity contribution in [2.75, 3.05) is 5.73 Å². The molecular formula is C13H11N3OS. The molecule has 1 heterocycles. The molecule has 0 fully saturated rings. The summed E-state index contributed by atoms with van der Waals surface area (Å²) in [5.41, 5.74) is 7.43. The third-order valence-electron chi connectivity index (χ3n) is 2.40. The number of aromatic nitrogens is 1. The number of hydrogen-bond acceptors (Lipinski definition) is 4. The van der Waals surface area contributed by atoms with E-state index in [1.807, 2.05) is 6.07 Å². The minimum absolute atomic E-state index is 0.325. The van der Waals surface area contributed by atoms with Gasteiger partial charge >= 0.3 is 0 Å². The molecule has 1 atom stereocenters. The van der Waals surface area contributed by atoms with E-state index in [1.54, 1.807) is 42.6 Å². The summed E-state index contributed by atoms with van der Waals surface area (Å²) in [6.45, 7) is 0. The van der Waals surface area contributed by atoms with Crippen molar-refractivity contribution in [1.29, 1.82) is 5.26 Å². The third kappa shape index (κ3) is 2.73. The first-order valence-corrected chi connectivity index (χ1v) is 6.60. The summed E-state index contributed by atoms with van der Waals surface area (Å²) in [7, 11) is -1.22. The summed E-state index contributed by atoms with van der Waals surface area (Å²) in [5, 5.41) is 8.75. The van der Waals surface area contributed by atoms with Gasteiger partial charge in [0.25, 0.3) is 0 Å². The van der Waals surface area contributed by atoms with Crippen molar-refractivity contribution in [2.45, 2.75) is 10.6 Å². The fourth-order valence-electron chi connectivity index (χ4n) is 1.54. The van der Waals surface area contributed by atoms with Crippen LogP contribution in [0, 0.1) is 11.3 Å². The van der Waals surface area contributed by atoms with Crippen LogP contribution in [0.25, 0.3) is 0 Å². The molecule has 1 unspecified atom stereocenters. The van der Waals surface area contributed by atoms with E-state index < -0.39 is 10.8 Å². The average molecular weight is 257 g/mol. The standard InChI is InChI=1S/C13H11N3OS/c14-8-11-7-10(5-6-16-11)9-18(17)13-4-2-1-3-12(13)15/h1-7H,9,15H2. The lowest BCUT2D eigenvalue weighted by Gasteiger charge is -2.05. The van der Waals surface area contributed by atoms with E-state index in [1.165, 1.54) is 0 Å². The van der Waals surface area contributed by atoms with E-state index in [0.29, 0.717) is 22.0 Å². The Kier molecular flexibility index (Phi) is 3.70. The van der Waals surface area contributed by atoms with Gasteiger partial charge in [0.15, 0.2) is 0 Å². The fourth-order valence-corrected chi connectivity index (χ4v) is 2.74. The van der Waals surface area contributed by atoms with Crippen LogP contribution < -0.4 is 5.73 Å². The molecule has 0 aliphatic carbocycles. The number of nitrogen functional groups attached to an aromatic ring is 1. The molecule has 4 nitrogen and oxygen atoms in total. The molecule has 5 heteroatoms. The lowest BCUT2D eigenvalue weighted by atomic mass is 10.2. The molecule has 0 spiro atoms. The van der Waals surface area contributed by atoms with E-state index in [2.05, 4.69) is 4.98 Å². The fraction of sp³-hybridized carbons (Fsp3) is 0.0769. The van der Waals surface area contributed by atoms with E-state index in [9.17, 15) is 4.21 Å². The van der Waals surface area contributed by atoms with Gasteiger partial charge in [-0.05, 0) is 29.8 Å². The van der Waals surface area contributed by atoms with Gasteiger partial charge in [0.1, 0.15) is 11.8 Å². The smallest absolute Gasteiger partial charge is 0.140 e. The summed E-state index contributed by atoms with van der Waals surface area (Å²) < 4.78 is 12.2. The molecule has 0 saturated heterocycles. The van der Waals surface area contributed by atoms with Crippen molar-refractivity contribution in [3.63, 3.8) is 0 Å². The van der Waals surface area contributed by atoms with Crippen LogP contribution in [-0.4, -0.2) is 9.19 Å². The van der Waals surface area contributed by atoms with Crippen LogP contribution in [0.3, 0.4) is 0 Å². The Balaban J connectivity index is 2.22. The number of hydrogen-bond donors (Lipinski definition) is 1. The highest BCUT2D eigenvalue weighted by atomic mass is 32.2. The number of pyridine rings is 1. The minimum Gasteiger partial charge on any atom is -0.398 e. The summed E-state index contributed by atoms with van der Waals surface area (Å²) in [4.78, 5) is 4.49. The van der Waals surface area contributed by atoms with Gasteiger partial charge in [-0.3, -0.25) is 4.21 Å². The molecular weight excluding hydrogens is 246 g/mol. The zero-order valence-corrected chi connectivity index (χ0v) is 10.4. The number of rotatable bonds is 3. The van der Waals surface area contributed by atoms with Gasteiger partial charge < -0.3 is 5.73 Å². The van der Waals surface area contributed by atoms with Crippen LogP contribution in [0.4, 0.5) is 5.69 Å². The van der Waals surface area contributed by atoms with Gasteiger partial charge in [-0.15, -0.1) is 0 Å². The highest BCUT2D eigenvalue weighted by molar-refractivity contribution is 7.84. The highest BCUT2D eigenvalue weighted by Crippen LogP contribution is 2.18. The van der Waals surface area contributed by atoms with E-state index in [4.69, 9.17) is 11.0 Å². The molecule has 0 aliphatic heterocycles. The van der Waals surface area contributed by atoms with Crippen LogP contribution in [0.5, 0.6) is 0 Å². The Morgan fingerprint density at radius 2 is 2.11 bits per heavy atom. The van der Waals surface area contributed by atoms with E-state index >= 15 is 0 Å². The van der Waals surface area contributed by atoms with Gasteiger partial charge in [-0.1, -0.05) is 12.1 Å². The van der Waals surface area contributed by atoms with Crippen LogP contribution in [0.2, 0.25) is 0 Å². The van der Waals surface area contributed by atoms with Crippen molar-refractivity contribution in [3.8, 4) is 6.07 Å². The molecule has 18 heavy (non-hydrogen) atoms. The Labute approximate surface area is 108 Å². The quantitative estimate of drug-likeness (QED) is 0.851. The molecule has 0 bridgehead atoms. The number of nitrogens with two attached hydrogens (primary N) is 1. The maximum absolute atomic E-state index is 12.2. The Hall–Kier alpha value is -2.19. The maximum atomic E-state index is 12.2. The first-order valence-electron chi connectivity index (χ1n) is 5.28.